The van der Waals surface area contributed by atoms with Crippen molar-refractivity contribution in [1.82, 2.24) is 0 Å². The lowest BCUT2D eigenvalue weighted by Gasteiger charge is -2.06. The SMILES string of the molecule is CC.CC/C(=C\C=C(C)C)C(C)C. The largest absolute Gasteiger partial charge is 0.0764 e. The van der Waals surface area contributed by atoms with E-state index in [0.717, 1.165) is 0 Å². The highest BCUT2D eigenvalue weighted by Gasteiger charge is 1.97. The summed E-state index contributed by atoms with van der Waals surface area (Å²) in [6.07, 6.45) is 5.61. The third-order valence-corrected chi connectivity index (χ3v) is 1.78. The minimum Gasteiger partial charge on any atom is -0.0764 e. The smallest absolute Gasteiger partial charge is 0.0257 e. The molecule has 0 fully saturated rings. The van der Waals surface area contributed by atoms with Crippen LogP contribution in [0.5, 0.6) is 0 Å². The van der Waals surface area contributed by atoms with Crippen molar-refractivity contribution in [3.63, 3.8) is 0 Å². The zero-order valence-electron chi connectivity index (χ0n) is 10.4. The van der Waals surface area contributed by atoms with Crippen molar-refractivity contribution in [3.05, 3.63) is 23.3 Å². The fourth-order valence-corrected chi connectivity index (χ4v) is 0.992. The predicted molar refractivity (Wildman–Crippen MR) is 64.0 cm³/mol. The van der Waals surface area contributed by atoms with Crippen LogP contribution in [-0.2, 0) is 0 Å². The number of allylic oxidation sites excluding steroid dienone is 4. The molecule has 0 saturated heterocycles. The highest BCUT2D eigenvalue weighted by atomic mass is 14.0. The van der Waals surface area contributed by atoms with Gasteiger partial charge in [-0.2, -0.15) is 0 Å². The van der Waals surface area contributed by atoms with Gasteiger partial charge in [-0.05, 0) is 26.2 Å². The summed E-state index contributed by atoms with van der Waals surface area (Å²) in [4.78, 5) is 0. The normalized spacial score (nSPS) is 10.6. The molecule has 13 heavy (non-hydrogen) atoms. The Hall–Kier alpha value is -0.520. The molecule has 0 aliphatic carbocycles. The van der Waals surface area contributed by atoms with Crippen LogP contribution in [0.15, 0.2) is 23.3 Å². The molecule has 0 amide bonds. The maximum atomic E-state index is 2.25. The van der Waals surface area contributed by atoms with Gasteiger partial charge in [-0.3, -0.25) is 0 Å². The van der Waals surface area contributed by atoms with E-state index in [-0.39, 0.29) is 0 Å². The fourth-order valence-electron chi connectivity index (χ4n) is 0.992. The van der Waals surface area contributed by atoms with E-state index in [1.165, 1.54) is 17.6 Å². The summed E-state index contributed by atoms with van der Waals surface area (Å²) >= 11 is 0. The van der Waals surface area contributed by atoms with Crippen LogP contribution < -0.4 is 0 Å². The average molecular weight is 182 g/mol. The first-order valence-electron chi connectivity index (χ1n) is 5.41. The Balaban J connectivity index is 0. The van der Waals surface area contributed by atoms with E-state index in [1.54, 1.807) is 0 Å². The Morgan fingerprint density at radius 2 is 1.54 bits per heavy atom. The lowest BCUT2D eigenvalue weighted by molar-refractivity contribution is 0.732. The summed E-state index contributed by atoms with van der Waals surface area (Å²) < 4.78 is 0. The van der Waals surface area contributed by atoms with Crippen LogP contribution in [0.1, 0.15) is 54.9 Å². The summed E-state index contributed by atoms with van der Waals surface area (Å²) in [7, 11) is 0. The molecule has 0 aliphatic heterocycles. The molecular formula is C13H26. The molecule has 78 valence electrons. The Kier molecular flexibility index (Phi) is 11.0. The maximum Gasteiger partial charge on any atom is -0.0257 e. The molecule has 0 aromatic carbocycles. The Bertz CT molecular complexity index is 155. The number of hydrogen-bond acceptors (Lipinski definition) is 0. The second kappa shape index (κ2) is 9.57. The Labute approximate surface area is 84.7 Å². The van der Waals surface area contributed by atoms with Crippen molar-refractivity contribution in [3.8, 4) is 0 Å². The topological polar surface area (TPSA) is 0 Å². The van der Waals surface area contributed by atoms with E-state index in [0.29, 0.717) is 5.92 Å². The van der Waals surface area contributed by atoms with Gasteiger partial charge in [0.15, 0.2) is 0 Å². The van der Waals surface area contributed by atoms with Gasteiger partial charge in [0.1, 0.15) is 0 Å². The lowest BCUT2D eigenvalue weighted by Crippen LogP contribution is -1.91. The lowest BCUT2D eigenvalue weighted by atomic mass is 10.0. The summed E-state index contributed by atoms with van der Waals surface area (Å²) in [5.74, 6) is 0.690. The molecule has 0 aromatic rings. The van der Waals surface area contributed by atoms with Crippen LogP contribution in [0.3, 0.4) is 0 Å². The van der Waals surface area contributed by atoms with Gasteiger partial charge in [-0.25, -0.2) is 0 Å². The van der Waals surface area contributed by atoms with Crippen LogP contribution in [0.2, 0.25) is 0 Å². The second-order valence-electron chi connectivity index (χ2n) is 3.49. The minimum atomic E-state index is 0.690. The van der Waals surface area contributed by atoms with Gasteiger partial charge < -0.3 is 0 Å². The standard InChI is InChI=1S/C11H20.C2H6/c1-6-11(10(4)5)8-7-9(2)3;1-2/h7-8,10H,6H2,1-5H3;1-2H3/b11-8+;. The molecule has 0 nitrogen and oxygen atoms in total. The van der Waals surface area contributed by atoms with Crippen LogP contribution in [0.4, 0.5) is 0 Å². The van der Waals surface area contributed by atoms with E-state index in [1.807, 2.05) is 13.8 Å². The van der Waals surface area contributed by atoms with Crippen molar-refractivity contribution >= 4 is 0 Å². The van der Waals surface area contributed by atoms with E-state index < -0.39 is 0 Å². The average Bonchev–Trinajstić information content (AvgIpc) is 2.08. The van der Waals surface area contributed by atoms with E-state index in [9.17, 15) is 0 Å². The summed E-state index contributed by atoms with van der Waals surface area (Å²) in [6.45, 7) is 15.0. The third kappa shape index (κ3) is 9.39. The molecule has 0 atom stereocenters. The van der Waals surface area contributed by atoms with Crippen LogP contribution in [0.25, 0.3) is 0 Å². The van der Waals surface area contributed by atoms with Crippen molar-refractivity contribution in [1.29, 1.82) is 0 Å². The van der Waals surface area contributed by atoms with Crippen molar-refractivity contribution < 1.29 is 0 Å². The first kappa shape index (κ1) is 15.0. The van der Waals surface area contributed by atoms with Crippen LogP contribution >= 0.6 is 0 Å². The molecule has 0 heteroatoms. The van der Waals surface area contributed by atoms with Gasteiger partial charge in [0.25, 0.3) is 0 Å². The Morgan fingerprint density at radius 1 is 1.08 bits per heavy atom. The molecular weight excluding hydrogens is 156 g/mol. The predicted octanol–water partition coefficient (Wildman–Crippen LogP) is 4.97. The minimum absolute atomic E-state index is 0.690. The number of rotatable bonds is 3. The molecule has 0 aromatic heterocycles. The number of hydrogen-bond donors (Lipinski definition) is 0. The first-order valence-corrected chi connectivity index (χ1v) is 5.41. The van der Waals surface area contributed by atoms with Crippen LogP contribution in [0, 0.1) is 5.92 Å². The first-order chi connectivity index (χ1) is 6.07. The van der Waals surface area contributed by atoms with Gasteiger partial charge in [-0.1, -0.05) is 57.9 Å². The van der Waals surface area contributed by atoms with E-state index in [4.69, 9.17) is 0 Å². The van der Waals surface area contributed by atoms with E-state index >= 15 is 0 Å². The summed E-state index contributed by atoms with van der Waals surface area (Å²) in [5.41, 5.74) is 2.91. The molecule has 0 unspecified atom stereocenters. The molecule has 0 aliphatic rings. The molecule has 0 heterocycles. The van der Waals surface area contributed by atoms with Gasteiger partial charge in [0.2, 0.25) is 0 Å². The summed E-state index contributed by atoms with van der Waals surface area (Å²) in [5, 5.41) is 0. The maximum absolute atomic E-state index is 2.25. The quantitative estimate of drug-likeness (QED) is 0.540. The van der Waals surface area contributed by atoms with Gasteiger partial charge in [0.05, 0.1) is 0 Å². The molecule has 0 bridgehead atoms. The zero-order chi connectivity index (χ0) is 10.9. The third-order valence-electron chi connectivity index (χ3n) is 1.78. The van der Waals surface area contributed by atoms with Gasteiger partial charge in [0, 0.05) is 0 Å². The molecule has 0 N–H and O–H groups in total. The summed E-state index contributed by atoms with van der Waals surface area (Å²) in [6, 6.07) is 0. The molecule has 0 rings (SSSR count). The monoisotopic (exact) mass is 182 g/mol. The Morgan fingerprint density at radius 3 is 1.77 bits per heavy atom. The fraction of sp³-hybridized carbons (Fsp3) is 0.692. The van der Waals surface area contributed by atoms with Gasteiger partial charge in [-0.15, -0.1) is 0 Å². The highest BCUT2D eigenvalue weighted by Crippen LogP contribution is 2.13. The zero-order valence-corrected chi connectivity index (χ0v) is 10.4. The van der Waals surface area contributed by atoms with Crippen molar-refractivity contribution in [2.75, 3.05) is 0 Å². The highest BCUT2D eigenvalue weighted by molar-refractivity contribution is 5.16. The van der Waals surface area contributed by atoms with Crippen molar-refractivity contribution in [2.45, 2.75) is 54.9 Å². The second-order valence-corrected chi connectivity index (χ2v) is 3.49. The van der Waals surface area contributed by atoms with Crippen molar-refractivity contribution in [2.24, 2.45) is 5.92 Å². The van der Waals surface area contributed by atoms with E-state index in [2.05, 4.69) is 46.8 Å². The van der Waals surface area contributed by atoms with Gasteiger partial charge >= 0.3 is 0 Å². The molecule has 0 spiro atoms. The molecule has 0 radical (unpaired) electrons. The molecule has 0 saturated carbocycles. The van der Waals surface area contributed by atoms with Crippen LogP contribution in [-0.4, -0.2) is 0 Å².